The molecule has 4 rings (SSSR count). The summed E-state index contributed by atoms with van der Waals surface area (Å²) in [6.07, 6.45) is 11.5. The van der Waals surface area contributed by atoms with Gasteiger partial charge in [0.2, 0.25) is 11.6 Å². The van der Waals surface area contributed by atoms with Crippen molar-refractivity contribution in [3.05, 3.63) is 59.2 Å². The summed E-state index contributed by atoms with van der Waals surface area (Å²) in [4.78, 5) is 12.9. The number of hydrogen-bond acceptors (Lipinski definition) is 3. The Morgan fingerprint density at radius 2 is 1.65 bits per heavy atom. The van der Waals surface area contributed by atoms with E-state index in [1.165, 1.54) is 44.6 Å². The van der Waals surface area contributed by atoms with Gasteiger partial charge in [0, 0.05) is 12.0 Å². The van der Waals surface area contributed by atoms with Gasteiger partial charge in [0.15, 0.2) is 23.1 Å². The Morgan fingerprint density at radius 1 is 1.03 bits per heavy atom. The molecule has 1 aromatic rings. The maximum Gasteiger partial charge on any atom is 0.314 e. The number of rotatable bonds is 7. The molecule has 0 spiro atoms. The molecule has 0 saturated heterocycles. The third-order valence-electron chi connectivity index (χ3n) is 8.64. The molecule has 6 heteroatoms. The van der Waals surface area contributed by atoms with Crippen molar-refractivity contribution in [1.29, 1.82) is 0 Å². The summed E-state index contributed by atoms with van der Waals surface area (Å²) in [5.41, 5.74) is 0.725. The van der Waals surface area contributed by atoms with Crippen LogP contribution in [-0.4, -0.2) is 5.97 Å². The van der Waals surface area contributed by atoms with Crippen LogP contribution >= 0.6 is 0 Å². The van der Waals surface area contributed by atoms with E-state index in [1.807, 2.05) is 0 Å². The molecule has 202 valence electrons. The fourth-order valence-electron chi connectivity index (χ4n) is 6.33. The topological polar surface area (TPSA) is 35.5 Å². The van der Waals surface area contributed by atoms with Crippen LogP contribution in [0.4, 0.5) is 13.2 Å². The van der Waals surface area contributed by atoms with E-state index in [1.54, 1.807) is 6.92 Å². The predicted octanol–water partition coefficient (Wildman–Crippen LogP) is 8.92. The van der Waals surface area contributed by atoms with Crippen molar-refractivity contribution in [3.8, 4) is 11.5 Å². The highest BCUT2D eigenvalue weighted by Gasteiger charge is 2.35. The van der Waals surface area contributed by atoms with E-state index in [-0.39, 0.29) is 34.8 Å². The minimum absolute atomic E-state index is 0.0441. The molecule has 1 aliphatic heterocycles. The van der Waals surface area contributed by atoms with Gasteiger partial charge in [-0.15, -0.1) is 0 Å². The summed E-state index contributed by atoms with van der Waals surface area (Å²) >= 11 is 0. The lowest BCUT2D eigenvalue weighted by Crippen LogP contribution is -2.30. The van der Waals surface area contributed by atoms with Gasteiger partial charge in [-0.05, 0) is 79.9 Å². The first-order valence-electron chi connectivity index (χ1n) is 13.9. The smallest absolute Gasteiger partial charge is 0.314 e. The van der Waals surface area contributed by atoms with E-state index >= 15 is 0 Å². The average Bonchev–Trinajstić information content (AvgIpc) is 2.91. The molecule has 0 aromatic heterocycles. The molecular weight excluding hydrogens is 477 g/mol. The first-order valence-corrected chi connectivity index (χ1v) is 13.9. The standard InChI is InChI=1S/C31H39F3O3/c1-5-7-20-8-10-21(11-9-20)22-12-14-23(15-13-22)31(35)36-25-17-24-16-19(4)29(26(32)18(3)6-2)37-30(24)28(34)27(25)33/h17,20-23H,3-16H2,1-2H3/b29-26-. The van der Waals surface area contributed by atoms with Crippen LogP contribution in [0.15, 0.2) is 42.0 Å². The van der Waals surface area contributed by atoms with Crippen LogP contribution in [0.1, 0.15) is 90.0 Å². The Morgan fingerprint density at radius 3 is 2.24 bits per heavy atom. The van der Waals surface area contributed by atoms with Crippen LogP contribution < -0.4 is 9.47 Å². The van der Waals surface area contributed by atoms with Gasteiger partial charge >= 0.3 is 5.97 Å². The maximum absolute atomic E-state index is 14.9. The third-order valence-corrected chi connectivity index (χ3v) is 8.64. The maximum atomic E-state index is 14.9. The number of allylic oxidation sites excluding steroid dienone is 3. The van der Waals surface area contributed by atoms with Gasteiger partial charge in [-0.2, -0.15) is 8.78 Å². The van der Waals surface area contributed by atoms with E-state index in [2.05, 4.69) is 20.1 Å². The molecule has 0 atom stereocenters. The van der Waals surface area contributed by atoms with E-state index in [9.17, 15) is 18.0 Å². The third kappa shape index (κ3) is 5.99. The zero-order valence-electron chi connectivity index (χ0n) is 22.1. The molecule has 3 aliphatic rings. The van der Waals surface area contributed by atoms with Crippen LogP contribution in [0.5, 0.6) is 11.5 Å². The summed E-state index contributed by atoms with van der Waals surface area (Å²) in [7, 11) is 0. The quantitative estimate of drug-likeness (QED) is 0.268. The second-order valence-electron chi connectivity index (χ2n) is 11.1. The largest absolute Gasteiger partial charge is 0.450 e. The Labute approximate surface area is 218 Å². The molecule has 2 fully saturated rings. The van der Waals surface area contributed by atoms with Crippen LogP contribution in [0, 0.1) is 35.3 Å². The van der Waals surface area contributed by atoms with Crippen LogP contribution in [0.2, 0.25) is 0 Å². The molecule has 3 nitrogen and oxygen atoms in total. The normalized spacial score (nSPS) is 27.2. The number of carbonyl (C=O) groups excluding carboxylic acids is 1. The van der Waals surface area contributed by atoms with Crippen LogP contribution in [0.3, 0.4) is 0 Å². The first-order chi connectivity index (χ1) is 17.7. The summed E-state index contributed by atoms with van der Waals surface area (Å²) < 4.78 is 55.2. The summed E-state index contributed by atoms with van der Waals surface area (Å²) in [6, 6.07) is 1.26. The molecule has 0 N–H and O–H groups in total. The lowest BCUT2D eigenvalue weighted by Gasteiger charge is -2.37. The molecule has 0 amide bonds. The molecule has 0 unspecified atom stereocenters. The monoisotopic (exact) mass is 516 g/mol. The summed E-state index contributed by atoms with van der Waals surface area (Å²) in [5.74, 6) is -3.04. The second-order valence-corrected chi connectivity index (χ2v) is 11.1. The highest BCUT2D eigenvalue weighted by molar-refractivity contribution is 5.75. The summed E-state index contributed by atoms with van der Waals surface area (Å²) in [5, 5.41) is 0. The van der Waals surface area contributed by atoms with Crippen molar-refractivity contribution in [3.63, 3.8) is 0 Å². The molecule has 37 heavy (non-hydrogen) atoms. The molecule has 0 radical (unpaired) electrons. The predicted molar refractivity (Wildman–Crippen MR) is 139 cm³/mol. The zero-order chi connectivity index (χ0) is 26.7. The van der Waals surface area contributed by atoms with Gasteiger partial charge in [0.05, 0.1) is 5.92 Å². The van der Waals surface area contributed by atoms with Gasteiger partial charge in [-0.25, -0.2) is 4.39 Å². The van der Waals surface area contributed by atoms with E-state index in [4.69, 9.17) is 9.47 Å². The molecule has 1 heterocycles. The van der Waals surface area contributed by atoms with Crippen molar-refractivity contribution >= 4 is 5.97 Å². The van der Waals surface area contributed by atoms with Crippen LogP contribution in [0.25, 0.3) is 0 Å². The Bertz CT molecular complexity index is 1070. The van der Waals surface area contributed by atoms with Gasteiger partial charge in [-0.1, -0.05) is 52.7 Å². The minimum atomic E-state index is -1.31. The van der Waals surface area contributed by atoms with Crippen molar-refractivity contribution in [2.75, 3.05) is 0 Å². The Hall–Kier alpha value is -2.50. The van der Waals surface area contributed by atoms with Crippen molar-refractivity contribution < 1.29 is 27.4 Å². The Balaban J connectivity index is 1.39. The molecule has 2 saturated carbocycles. The molecule has 1 aromatic carbocycles. The second kappa shape index (κ2) is 11.9. The number of ether oxygens (including phenoxy) is 2. The van der Waals surface area contributed by atoms with Gasteiger partial charge in [0.1, 0.15) is 0 Å². The highest BCUT2D eigenvalue weighted by Crippen LogP contribution is 2.44. The SMILES string of the molecule is C=C(CC)/C(F)=C1/Oc2c(cc(OC(=O)C3CCC(C4CCC(CCC)CC4)CC3)c(F)c2F)CC1=C. The number of hydrogen-bond donors (Lipinski definition) is 0. The molecule has 0 bridgehead atoms. The van der Waals surface area contributed by atoms with Gasteiger partial charge < -0.3 is 9.47 Å². The highest BCUT2D eigenvalue weighted by atomic mass is 19.2. The summed E-state index contributed by atoms with van der Waals surface area (Å²) in [6.45, 7) is 11.4. The average molecular weight is 517 g/mol. The van der Waals surface area contributed by atoms with Crippen LogP contribution in [-0.2, 0) is 11.2 Å². The first kappa shape index (κ1) is 27.5. The van der Waals surface area contributed by atoms with Gasteiger partial charge in [-0.3, -0.25) is 4.79 Å². The van der Waals surface area contributed by atoms with Gasteiger partial charge in [0.25, 0.3) is 0 Å². The zero-order valence-corrected chi connectivity index (χ0v) is 22.1. The van der Waals surface area contributed by atoms with Crippen molar-refractivity contribution in [1.82, 2.24) is 0 Å². The number of halogens is 3. The number of benzene rings is 1. The molecule has 2 aliphatic carbocycles. The lowest BCUT2D eigenvalue weighted by molar-refractivity contribution is -0.140. The minimum Gasteiger partial charge on any atom is -0.450 e. The molecular formula is C31H39F3O3. The van der Waals surface area contributed by atoms with E-state index < -0.39 is 34.9 Å². The lowest BCUT2D eigenvalue weighted by atomic mass is 9.69. The van der Waals surface area contributed by atoms with E-state index in [0.717, 1.165) is 24.7 Å². The number of carbonyl (C=O) groups is 1. The number of fused-ring (bicyclic) bond motifs is 1. The van der Waals surface area contributed by atoms with Crippen molar-refractivity contribution in [2.24, 2.45) is 23.7 Å². The Kier molecular flexibility index (Phi) is 8.86. The van der Waals surface area contributed by atoms with Crippen molar-refractivity contribution in [2.45, 2.75) is 90.9 Å². The fraction of sp³-hybridized carbons (Fsp3) is 0.581. The fourth-order valence-corrected chi connectivity index (χ4v) is 6.33. The number of esters is 1. The van der Waals surface area contributed by atoms with E-state index in [0.29, 0.717) is 25.2 Å².